The topological polar surface area (TPSA) is 54.0 Å². The van der Waals surface area contributed by atoms with E-state index in [0.717, 1.165) is 11.4 Å². The Morgan fingerprint density at radius 2 is 1.67 bits per heavy atom. The van der Waals surface area contributed by atoms with Gasteiger partial charge < -0.3 is 24.8 Å². The number of hydrogen-bond donors (Lipinski definition) is 2. The quantitative estimate of drug-likeness (QED) is 0.757. The van der Waals surface area contributed by atoms with Crippen LogP contribution in [0.2, 0.25) is 0 Å². The summed E-state index contributed by atoms with van der Waals surface area (Å²) in [7, 11) is 0. The molecule has 1 heterocycles. The summed E-state index contributed by atoms with van der Waals surface area (Å²) in [6, 6.07) is 10.8. The van der Waals surface area contributed by atoms with Gasteiger partial charge in [0.05, 0.1) is 23.6 Å². The largest absolute Gasteiger partial charge is 0.573 e. The maximum absolute atomic E-state index is 12.2. The highest BCUT2D eigenvalue weighted by Gasteiger charge is 2.31. The average molecular weight is 382 g/mol. The molecule has 0 aliphatic carbocycles. The van der Waals surface area contributed by atoms with E-state index >= 15 is 0 Å². The minimum absolute atomic E-state index is 0.300. The molecule has 8 heteroatoms. The van der Waals surface area contributed by atoms with Crippen molar-refractivity contribution in [3.8, 4) is 17.2 Å². The van der Waals surface area contributed by atoms with E-state index in [-0.39, 0.29) is 5.75 Å². The molecule has 2 aromatic carbocycles. The van der Waals surface area contributed by atoms with E-state index in [4.69, 9.17) is 4.74 Å². The first-order valence-electron chi connectivity index (χ1n) is 8.48. The highest BCUT2D eigenvalue weighted by atomic mass is 19.4. The summed E-state index contributed by atoms with van der Waals surface area (Å²) in [5.41, 5.74) is 1.16. The fourth-order valence-corrected chi connectivity index (χ4v) is 2.71. The molecule has 2 N–H and O–H groups in total. The Hall–Kier alpha value is -2.61. The third kappa shape index (κ3) is 5.43. The molecule has 0 fully saturated rings. The highest BCUT2D eigenvalue weighted by molar-refractivity contribution is 5.76. The molecular formula is C19H21F3N2O3. The van der Waals surface area contributed by atoms with Crippen LogP contribution in [0.3, 0.4) is 0 Å². The van der Waals surface area contributed by atoms with Gasteiger partial charge in [-0.1, -0.05) is 0 Å². The van der Waals surface area contributed by atoms with E-state index in [0.29, 0.717) is 31.1 Å². The number of alkyl halides is 3. The second kappa shape index (κ2) is 7.19. The molecule has 0 saturated heterocycles. The van der Waals surface area contributed by atoms with E-state index < -0.39 is 12.0 Å². The molecule has 146 valence electrons. The van der Waals surface area contributed by atoms with Gasteiger partial charge in [-0.3, -0.25) is 0 Å². The molecule has 0 aromatic heterocycles. The molecule has 0 unspecified atom stereocenters. The first-order valence-corrected chi connectivity index (χ1v) is 8.48. The first kappa shape index (κ1) is 19.2. The fourth-order valence-electron chi connectivity index (χ4n) is 2.71. The number of fused-ring (bicyclic) bond motifs is 1. The van der Waals surface area contributed by atoms with Crippen LogP contribution >= 0.6 is 0 Å². The van der Waals surface area contributed by atoms with Crippen LogP contribution in [-0.2, 0) is 0 Å². The van der Waals surface area contributed by atoms with Crippen molar-refractivity contribution in [3.05, 3.63) is 42.5 Å². The van der Waals surface area contributed by atoms with E-state index in [1.54, 1.807) is 19.9 Å². The standard InChI is InChI=1S/C19H21F3N2O3/c1-18(2,25)9-10-24-12-23-16-8-7-15(11-17(16)24)26-13-3-5-14(6-4-13)27-19(20,21)22/h3-8,11,23,25H,9-10,12H2,1-2H3. The predicted molar refractivity (Wildman–Crippen MR) is 96.4 cm³/mol. The molecule has 0 amide bonds. The Labute approximate surface area is 155 Å². The van der Waals surface area contributed by atoms with Crippen LogP contribution in [0.5, 0.6) is 17.2 Å². The minimum atomic E-state index is -4.72. The predicted octanol–water partition coefficient (Wildman–Crippen LogP) is 4.73. The molecule has 1 aliphatic heterocycles. The summed E-state index contributed by atoms with van der Waals surface area (Å²) in [5, 5.41) is 13.2. The van der Waals surface area contributed by atoms with Gasteiger partial charge in [-0.2, -0.15) is 0 Å². The lowest BCUT2D eigenvalue weighted by atomic mass is 10.1. The molecule has 0 bridgehead atoms. The summed E-state index contributed by atoms with van der Waals surface area (Å²) < 4.78 is 46.2. The summed E-state index contributed by atoms with van der Waals surface area (Å²) in [6.07, 6.45) is -4.11. The third-order valence-corrected chi connectivity index (χ3v) is 4.06. The van der Waals surface area contributed by atoms with Gasteiger partial charge in [0.1, 0.15) is 17.2 Å². The smallest absolute Gasteiger partial charge is 0.457 e. The maximum Gasteiger partial charge on any atom is 0.573 e. The van der Waals surface area contributed by atoms with Crippen LogP contribution in [-0.4, -0.2) is 30.3 Å². The van der Waals surface area contributed by atoms with Crippen LogP contribution < -0.4 is 19.7 Å². The van der Waals surface area contributed by atoms with Crippen molar-refractivity contribution >= 4 is 11.4 Å². The van der Waals surface area contributed by atoms with Crippen molar-refractivity contribution in [2.75, 3.05) is 23.4 Å². The minimum Gasteiger partial charge on any atom is -0.457 e. The molecule has 27 heavy (non-hydrogen) atoms. The number of anilines is 2. The number of nitrogens with zero attached hydrogens (tertiary/aromatic N) is 1. The highest BCUT2D eigenvalue weighted by Crippen LogP contribution is 2.37. The summed E-state index contributed by atoms with van der Waals surface area (Å²) in [5.74, 6) is 0.666. The van der Waals surface area contributed by atoms with Gasteiger partial charge >= 0.3 is 6.36 Å². The zero-order valence-electron chi connectivity index (χ0n) is 15.0. The molecule has 0 saturated carbocycles. The Morgan fingerprint density at radius 1 is 1.04 bits per heavy atom. The third-order valence-electron chi connectivity index (χ3n) is 4.06. The van der Waals surface area contributed by atoms with Gasteiger partial charge in [-0.05, 0) is 56.7 Å². The van der Waals surface area contributed by atoms with E-state index in [1.165, 1.54) is 24.3 Å². The Morgan fingerprint density at radius 3 is 2.30 bits per heavy atom. The second-order valence-corrected chi connectivity index (χ2v) is 6.96. The molecule has 1 aliphatic rings. The van der Waals surface area contributed by atoms with Crippen molar-refractivity contribution < 1.29 is 27.8 Å². The van der Waals surface area contributed by atoms with Crippen LogP contribution in [0.25, 0.3) is 0 Å². The number of rotatable bonds is 6. The van der Waals surface area contributed by atoms with Crippen molar-refractivity contribution in [2.24, 2.45) is 0 Å². The van der Waals surface area contributed by atoms with Crippen molar-refractivity contribution in [1.82, 2.24) is 0 Å². The van der Waals surface area contributed by atoms with Crippen LogP contribution in [0.4, 0.5) is 24.5 Å². The van der Waals surface area contributed by atoms with Gasteiger partial charge in [-0.15, -0.1) is 13.2 Å². The number of halogens is 3. The van der Waals surface area contributed by atoms with E-state index in [2.05, 4.69) is 15.0 Å². The summed E-state index contributed by atoms with van der Waals surface area (Å²) in [6.45, 7) is 4.85. The van der Waals surface area contributed by atoms with Crippen molar-refractivity contribution in [2.45, 2.75) is 32.2 Å². The van der Waals surface area contributed by atoms with Crippen molar-refractivity contribution in [1.29, 1.82) is 0 Å². The zero-order valence-corrected chi connectivity index (χ0v) is 15.0. The van der Waals surface area contributed by atoms with Gasteiger partial charge in [0.2, 0.25) is 0 Å². The van der Waals surface area contributed by atoms with Crippen LogP contribution in [0.1, 0.15) is 20.3 Å². The van der Waals surface area contributed by atoms with Crippen LogP contribution in [0, 0.1) is 0 Å². The normalized spacial score (nSPS) is 13.9. The second-order valence-electron chi connectivity index (χ2n) is 6.96. The summed E-state index contributed by atoms with van der Waals surface area (Å²) in [4.78, 5) is 2.10. The molecule has 0 radical (unpaired) electrons. The van der Waals surface area contributed by atoms with Crippen LogP contribution in [0.15, 0.2) is 42.5 Å². The molecular weight excluding hydrogens is 361 g/mol. The van der Waals surface area contributed by atoms with Gasteiger partial charge in [-0.25, -0.2) is 0 Å². The zero-order chi connectivity index (χ0) is 19.7. The fraction of sp³-hybridized carbons (Fsp3) is 0.368. The van der Waals surface area contributed by atoms with E-state index in [9.17, 15) is 18.3 Å². The SMILES string of the molecule is CC(C)(O)CCN1CNc2ccc(Oc3ccc(OC(F)(F)F)cc3)cc21. The lowest BCUT2D eigenvalue weighted by Gasteiger charge is -2.23. The molecule has 2 aromatic rings. The van der Waals surface area contributed by atoms with E-state index in [1.807, 2.05) is 12.1 Å². The number of ether oxygens (including phenoxy) is 2. The molecule has 0 spiro atoms. The maximum atomic E-state index is 12.2. The number of hydrogen-bond acceptors (Lipinski definition) is 5. The lowest BCUT2D eigenvalue weighted by Crippen LogP contribution is -2.30. The summed E-state index contributed by atoms with van der Waals surface area (Å²) >= 11 is 0. The Kier molecular flexibility index (Phi) is 5.10. The number of aliphatic hydroxyl groups is 1. The Balaban J connectivity index is 1.68. The average Bonchev–Trinajstić information content (AvgIpc) is 2.95. The first-order chi connectivity index (χ1) is 12.6. The lowest BCUT2D eigenvalue weighted by molar-refractivity contribution is -0.274. The van der Waals surface area contributed by atoms with Gasteiger partial charge in [0.25, 0.3) is 0 Å². The van der Waals surface area contributed by atoms with Crippen molar-refractivity contribution in [3.63, 3.8) is 0 Å². The van der Waals surface area contributed by atoms with Gasteiger partial charge in [0.15, 0.2) is 0 Å². The monoisotopic (exact) mass is 382 g/mol. The van der Waals surface area contributed by atoms with Gasteiger partial charge in [0, 0.05) is 12.6 Å². The molecule has 3 rings (SSSR count). The molecule has 0 atom stereocenters. The number of nitrogens with one attached hydrogen (secondary N) is 1. The number of benzene rings is 2. The molecule has 5 nitrogen and oxygen atoms in total. The Bertz CT molecular complexity index is 786.